The summed E-state index contributed by atoms with van der Waals surface area (Å²) in [4.78, 5) is 90.2. The summed E-state index contributed by atoms with van der Waals surface area (Å²) in [5.41, 5.74) is 0.725. The highest BCUT2D eigenvalue weighted by molar-refractivity contribution is 9.10. The number of benzene rings is 2. The van der Waals surface area contributed by atoms with Crippen molar-refractivity contribution >= 4 is 74.5 Å². The first-order valence-corrected chi connectivity index (χ1v) is 25.5. The van der Waals surface area contributed by atoms with Crippen LogP contribution in [0.1, 0.15) is 124 Å². The molecule has 0 spiro atoms. The fourth-order valence-electron chi connectivity index (χ4n) is 7.82. The molecule has 4 amide bonds. The van der Waals surface area contributed by atoms with Crippen molar-refractivity contribution in [3.05, 3.63) is 88.2 Å². The third-order valence-corrected chi connectivity index (χ3v) is 13.0. The zero-order chi connectivity index (χ0) is 51.4. The largest absolute Gasteiger partial charge is 0.460 e. The number of amides is 4. The number of likely N-dealkylation sites (N-methyl/N-ethyl adjacent to an activating group) is 1. The van der Waals surface area contributed by atoms with E-state index in [0.717, 1.165) is 20.5 Å². The van der Waals surface area contributed by atoms with Crippen molar-refractivity contribution < 1.29 is 43.0 Å². The minimum Gasteiger partial charge on any atom is -0.460 e. The van der Waals surface area contributed by atoms with Crippen molar-refractivity contribution in [2.75, 3.05) is 13.6 Å². The van der Waals surface area contributed by atoms with Gasteiger partial charge in [-0.2, -0.15) is 0 Å². The average Bonchev–Trinajstić information content (AvgIpc) is 3.63. The van der Waals surface area contributed by atoms with E-state index in [0.29, 0.717) is 53.6 Å². The van der Waals surface area contributed by atoms with Gasteiger partial charge in [-0.1, -0.05) is 64.4 Å². The molecule has 0 radical (unpaired) electrons. The summed E-state index contributed by atoms with van der Waals surface area (Å²) >= 11 is 5.15. The summed E-state index contributed by atoms with van der Waals surface area (Å²) in [5, 5.41) is 13.8. The van der Waals surface area contributed by atoms with E-state index >= 15 is 4.79 Å². The second kappa shape index (κ2) is 24.6. The number of aromatic nitrogens is 2. The van der Waals surface area contributed by atoms with Crippen LogP contribution in [0.15, 0.2) is 81.4 Å². The van der Waals surface area contributed by atoms with Crippen molar-refractivity contribution in [3.63, 3.8) is 0 Å². The molecule has 0 saturated carbocycles. The number of nitrogens with zero attached hydrogens (tertiary/aromatic N) is 3. The molecule has 18 heteroatoms. The second-order valence-corrected chi connectivity index (χ2v) is 22.3. The predicted molar refractivity (Wildman–Crippen MR) is 273 cm³/mol. The van der Waals surface area contributed by atoms with Crippen molar-refractivity contribution in [2.24, 2.45) is 0 Å². The van der Waals surface area contributed by atoms with Crippen LogP contribution in [0.25, 0.3) is 10.9 Å². The Kier molecular flexibility index (Phi) is 19.5. The zero-order valence-electron chi connectivity index (χ0n) is 42.2. The summed E-state index contributed by atoms with van der Waals surface area (Å²) in [6.45, 7) is 16.7. The van der Waals surface area contributed by atoms with Gasteiger partial charge in [0.25, 0.3) is 0 Å². The van der Waals surface area contributed by atoms with Crippen LogP contribution in [0.3, 0.4) is 0 Å². The summed E-state index contributed by atoms with van der Waals surface area (Å²) in [5.74, 6) is -1.74. The number of hydrogen-bond acceptors (Lipinski definition) is 12. The number of carbonyl (C=O) groups is 6. The third-order valence-electron chi connectivity index (χ3n) is 11.1. The maximum Gasteiger partial charge on any atom is 0.419 e. The minimum atomic E-state index is -1.13. The Balaban J connectivity index is 1.55. The molecule has 5 rings (SSSR count). The molecule has 0 saturated heterocycles. The van der Waals surface area contributed by atoms with Crippen molar-refractivity contribution in [1.82, 2.24) is 35.7 Å². The van der Waals surface area contributed by atoms with Crippen LogP contribution in [-0.2, 0) is 52.9 Å². The summed E-state index contributed by atoms with van der Waals surface area (Å²) in [6, 6.07) is 13.8. The molecule has 4 aromatic rings. The van der Waals surface area contributed by atoms with Crippen molar-refractivity contribution in [3.8, 4) is 0 Å². The number of esters is 1. The molecular weight excluding hydrogens is 979 g/mol. The van der Waals surface area contributed by atoms with E-state index in [1.165, 1.54) is 21.2 Å². The number of hydrogen-bond donors (Lipinski definition) is 4. The SMILES string of the molecule is CN1C(=O)[C@H](CCCCNC(=O)OC(C)(C)C)NC(=O)[C@H](CCCCC(=O)OC(C)(C)C)NCc2cccnc2Sc2cccc(Br)c2CNC(=O)[C@@H]1Cc1cn(C(=O)OC(C)(C)C)c2ccccc12. The Bertz CT molecular complexity index is 2490. The predicted octanol–water partition coefficient (Wildman–Crippen LogP) is 8.97. The summed E-state index contributed by atoms with van der Waals surface area (Å²) in [6.07, 6.45) is 4.70. The van der Waals surface area contributed by atoms with Crippen molar-refractivity contribution in [1.29, 1.82) is 0 Å². The Morgan fingerprint density at radius 3 is 2.20 bits per heavy atom. The van der Waals surface area contributed by atoms with Crippen LogP contribution in [0.2, 0.25) is 0 Å². The van der Waals surface area contributed by atoms with Gasteiger partial charge >= 0.3 is 18.2 Å². The number of fused-ring (bicyclic) bond motifs is 3. The monoisotopic (exact) mass is 1050 g/mol. The topological polar surface area (TPSA) is 199 Å². The third kappa shape index (κ3) is 16.9. The lowest BCUT2D eigenvalue weighted by Gasteiger charge is -2.32. The van der Waals surface area contributed by atoms with Crippen molar-refractivity contribution in [2.45, 2.75) is 172 Å². The number of carbonyl (C=O) groups excluding carboxylic acids is 6. The maximum absolute atomic E-state index is 15.1. The first-order chi connectivity index (χ1) is 32.9. The number of ether oxygens (including phenoxy) is 3. The van der Waals surface area contributed by atoms with Gasteiger partial charge in [-0.05, 0) is 135 Å². The van der Waals surface area contributed by atoms with E-state index in [-0.39, 0.29) is 44.9 Å². The standard InChI is InChI=1S/C52H70BrN7O9S/c1-50(2,3)67-43(61)26-14-12-22-38-44(62)58-39(23-15-16-27-55-48(65)68-51(4,5)6)47(64)59(10)41(29-34-32-60(49(66)69-52(7,8)9)40-24-13-11-20-35(34)40)45(63)57-31-36-37(53)21-17-25-42(36)70-46-33(30-56-38)19-18-28-54-46/h11,13,17-21,24-25,28,32,38-39,41,56H,12,14-16,22-23,26-27,29-31H2,1-10H3,(H,55,65)(H,57,63)(H,58,62)/t38-,39-,41-/m0/s1. The Labute approximate surface area is 424 Å². The van der Waals surface area contributed by atoms with Gasteiger partial charge in [0.05, 0.1) is 11.6 Å². The molecule has 70 heavy (non-hydrogen) atoms. The molecule has 3 atom stereocenters. The molecule has 2 aromatic carbocycles. The van der Waals surface area contributed by atoms with E-state index in [2.05, 4.69) is 37.2 Å². The van der Waals surface area contributed by atoms with E-state index in [4.69, 9.17) is 19.2 Å². The maximum atomic E-state index is 15.1. The smallest absolute Gasteiger partial charge is 0.419 e. The van der Waals surface area contributed by atoms with Gasteiger partial charge < -0.3 is 40.4 Å². The molecule has 2 aromatic heterocycles. The van der Waals surface area contributed by atoms with E-state index in [1.54, 1.807) is 67.1 Å². The van der Waals surface area contributed by atoms with Gasteiger partial charge in [-0.25, -0.2) is 14.6 Å². The summed E-state index contributed by atoms with van der Waals surface area (Å²) < 4.78 is 18.9. The van der Waals surface area contributed by atoms with Gasteiger partial charge in [0.1, 0.15) is 33.9 Å². The van der Waals surface area contributed by atoms with Crippen LogP contribution in [-0.4, -0.2) is 98.8 Å². The average molecular weight is 1050 g/mol. The molecule has 1 aliphatic heterocycles. The van der Waals surface area contributed by atoms with E-state index in [9.17, 15) is 24.0 Å². The number of pyridine rings is 1. The molecule has 1 aliphatic rings. The molecule has 3 heterocycles. The van der Waals surface area contributed by atoms with Gasteiger partial charge in [0.15, 0.2) is 0 Å². The van der Waals surface area contributed by atoms with Gasteiger partial charge in [0, 0.05) is 66.7 Å². The lowest BCUT2D eigenvalue weighted by atomic mass is 10.0. The molecular formula is C52H70BrN7O9S. The minimum absolute atomic E-state index is 0.00154. The van der Waals surface area contributed by atoms with Gasteiger partial charge in [-0.3, -0.25) is 23.7 Å². The summed E-state index contributed by atoms with van der Waals surface area (Å²) in [7, 11) is 1.55. The number of nitrogens with one attached hydrogen (secondary N) is 4. The zero-order valence-corrected chi connectivity index (χ0v) is 44.6. The lowest BCUT2D eigenvalue weighted by Crippen LogP contribution is -2.57. The van der Waals surface area contributed by atoms with Crippen LogP contribution in [0.4, 0.5) is 9.59 Å². The lowest BCUT2D eigenvalue weighted by molar-refractivity contribution is -0.155. The van der Waals surface area contributed by atoms with Crippen LogP contribution in [0, 0.1) is 0 Å². The quantitative estimate of drug-likeness (QED) is 0.0598. The number of rotatable bonds is 12. The Morgan fingerprint density at radius 1 is 0.800 bits per heavy atom. The normalized spacial score (nSPS) is 17.7. The number of unbranched alkanes of at least 4 members (excludes halogenated alkanes) is 2. The first kappa shape index (κ1) is 55.5. The molecule has 0 fully saturated rings. The molecule has 0 aliphatic carbocycles. The van der Waals surface area contributed by atoms with E-state index in [1.807, 2.05) is 69.3 Å². The highest BCUT2D eigenvalue weighted by atomic mass is 79.9. The number of halogens is 1. The molecule has 0 bridgehead atoms. The van der Waals surface area contributed by atoms with Gasteiger partial charge in [0.2, 0.25) is 17.7 Å². The Hall–Kier alpha value is -5.46. The number of para-hydroxylation sites is 1. The van der Waals surface area contributed by atoms with Crippen LogP contribution < -0.4 is 21.3 Å². The van der Waals surface area contributed by atoms with E-state index < -0.39 is 64.8 Å². The first-order valence-electron chi connectivity index (χ1n) is 23.9. The van der Waals surface area contributed by atoms with Gasteiger partial charge in [-0.15, -0.1) is 0 Å². The highest BCUT2D eigenvalue weighted by Crippen LogP contribution is 2.35. The molecule has 4 N–H and O–H groups in total. The fraction of sp³-hybridized carbons (Fsp3) is 0.519. The molecule has 0 unspecified atom stereocenters. The molecule has 16 nitrogen and oxygen atoms in total. The Morgan fingerprint density at radius 2 is 1.49 bits per heavy atom. The highest BCUT2D eigenvalue weighted by Gasteiger charge is 2.35. The fourth-order valence-corrected chi connectivity index (χ4v) is 9.50. The number of alkyl carbamates (subject to hydrolysis) is 1. The molecule has 380 valence electrons. The second-order valence-electron chi connectivity index (χ2n) is 20.4. The van der Waals surface area contributed by atoms with Crippen LogP contribution in [0.5, 0.6) is 0 Å². The van der Waals surface area contributed by atoms with Crippen LogP contribution >= 0.6 is 27.7 Å².